The molecule has 1 aliphatic carbocycles. The van der Waals surface area contributed by atoms with Crippen LogP contribution < -0.4 is 5.32 Å². The molecule has 17 heavy (non-hydrogen) atoms. The van der Waals surface area contributed by atoms with Crippen LogP contribution in [0, 0.1) is 6.92 Å². The van der Waals surface area contributed by atoms with Crippen molar-refractivity contribution < 1.29 is 0 Å². The topological polar surface area (TPSA) is 42.7 Å². The summed E-state index contributed by atoms with van der Waals surface area (Å²) in [6, 6.07) is 0.648. The van der Waals surface area contributed by atoms with Crippen molar-refractivity contribution in [2.45, 2.75) is 58.4 Å². The van der Waals surface area contributed by atoms with Crippen LogP contribution >= 0.6 is 0 Å². The second-order valence-corrected chi connectivity index (χ2v) is 4.93. The minimum atomic E-state index is 0.648. The molecule has 0 unspecified atom stereocenters. The van der Waals surface area contributed by atoms with Gasteiger partial charge in [0.1, 0.15) is 11.6 Å². The molecule has 1 heterocycles. The van der Waals surface area contributed by atoms with Crippen LogP contribution in [-0.4, -0.2) is 27.9 Å². The SMILES string of the molecule is CCNCCc1nnc(C)n1C1CCCCC1. The van der Waals surface area contributed by atoms with Gasteiger partial charge in [-0.25, -0.2) is 0 Å². The van der Waals surface area contributed by atoms with Gasteiger partial charge in [-0.2, -0.15) is 0 Å². The molecule has 1 N–H and O–H groups in total. The summed E-state index contributed by atoms with van der Waals surface area (Å²) in [4.78, 5) is 0. The Morgan fingerprint density at radius 1 is 1.24 bits per heavy atom. The second-order valence-electron chi connectivity index (χ2n) is 4.93. The fraction of sp³-hybridized carbons (Fsp3) is 0.846. The van der Waals surface area contributed by atoms with Gasteiger partial charge in [0.2, 0.25) is 0 Å². The molecule has 4 heteroatoms. The van der Waals surface area contributed by atoms with E-state index >= 15 is 0 Å². The van der Waals surface area contributed by atoms with Gasteiger partial charge in [-0.3, -0.25) is 0 Å². The number of rotatable bonds is 5. The molecule has 0 atom stereocenters. The number of nitrogens with zero attached hydrogens (tertiary/aromatic N) is 3. The number of hydrogen-bond donors (Lipinski definition) is 1. The zero-order valence-electron chi connectivity index (χ0n) is 11.1. The largest absolute Gasteiger partial charge is 0.317 e. The van der Waals surface area contributed by atoms with Crippen molar-refractivity contribution in [1.29, 1.82) is 0 Å². The summed E-state index contributed by atoms with van der Waals surface area (Å²) < 4.78 is 2.39. The molecule has 0 aromatic carbocycles. The van der Waals surface area contributed by atoms with E-state index in [0.29, 0.717) is 6.04 Å². The first-order valence-corrected chi connectivity index (χ1v) is 6.94. The lowest BCUT2D eigenvalue weighted by atomic mass is 9.95. The second kappa shape index (κ2) is 6.15. The van der Waals surface area contributed by atoms with Crippen LogP contribution in [0.15, 0.2) is 0 Å². The Morgan fingerprint density at radius 3 is 2.71 bits per heavy atom. The standard InChI is InChI=1S/C13H24N4/c1-3-14-10-9-13-16-15-11(2)17(13)12-7-5-4-6-8-12/h12,14H,3-10H2,1-2H3. The third-order valence-electron chi connectivity index (χ3n) is 3.65. The monoisotopic (exact) mass is 236 g/mol. The lowest BCUT2D eigenvalue weighted by Crippen LogP contribution is -2.21. The normalized spacial score (nSPS) is 17.5. The van der Waals surface area contributed by atoms with E-state index in [2.05, 4.69) is 33.9 Å². The molecule has 1 aliphatic rings. The van der Waals surface area contributed by atoms with Gasteiger partial charge >= 0.3 is 0 Å². The van der Waals surface area contributed by atoms with E-state index in [-0.39, 0.29) is 0 Å². The van der Waals surface area contributed by atoms with Gasteiger partial charge in [0, 0.05) is 19.0 Å². The average molecular weight is 236 g/mol. The highest BCUT2D eigenvalue weighted by Gasteiger charge is 2.20. The molecule has 2 rings (SSSR count). The van der Waals surface area contributed by atoms with E-state index in [0.717, 1.165) is 31.2 Å². The zero-order valence-corrected chi connectivity index (χ0v) is 11.1. The third-order valence-corrected chi connectivity index (χ3v) is 3.65. The molecule has 0 saturated heterocycles. The van der Waals surface area contributed by atoms with Crippen molar-refractivity contribution in [3.05, 3.63) is 11.6 Å². The zero-order chi connectivity index (χ0) is 12.1. The van der Waals surface area contributed by atoms with Gasteiger partial charge in [-0.1, -0.05) is 26.2 Å². The van der Waals surface area contributed by atoms with Gasteiger partial charge < -0.3 is 9.88 Å². The summed E-state index contributed by atoms with van der Waals surface area (Å²) in [7, 11) is 0. The van der Waals surface area contributed by atoms with E-state index in [1.54, 1.807) is 0 Å². The van der Waals surface area contributed by atoms with E-state index in [4.69, 9.17) is 0 Å². The Balaban J connectivity index is 2.05. The number of hydrogen-bond acceptors (Lipinski definition) is 3. The van der Waals surface area contributed by atoms with E-state index in [9.17, 15) is 0 Å². The van der Waals surface area contributed by atoms with Crippen LogP contribution in [0.1, 0.15) is 56.7 Å². The van der Waals surface area contributed by atoms with Crippen LogP contribution in [-0.2, 0) is 6.42 Å². The summed E-state index contributed by atoms with van der Waals surface area (Å²) in [5.41, 5.74) is 0. The molecule has 0 radical (unpaired) electrons. The first-order chi connectivity index (χ1) is 8.33. The Morgan fingerprint density at radius 2 is 2.00 bits per heavy atom. The van der Waals surface area contributed by atoms with E-state index < -0.39 is 0 Å². The molecule has 4 nitrogen and oxygen atoms in total. The molecule has 96 valence electrons. The summed E-state index contributed by atoms with van der Waals surface area (Å²) in [5, 5.41) is 11.9. The van der Waals surface area contributed by atoms with Crippen molar-refractivity contribution in [2.75, 3.05) is 13.1 Å². The molecule has 1 aromatic rings. The highest BCUT2D eigenvalue weighted by molar-refractivity contribution is 4.98. The molecule has 0 spiro atoms. The van der Waals surface area contributed by atoms with Crippen LogP contribution in [0.4, 0.5) is 0 Å². The number of aryl methyl sites for hydroxylation is 1. The lowest BCUT2D eigenvalue weighted by molar-refractivity contribution is 0.340. The Bertz CT molecular complexity index is 339. The van der Waals surface area contributed by atoms with Gasteiger partial charge in [0.25, 0.3) is 0 Å². The third kappa shape index (κ3) is 3.06. The molecule has 1 aromatic heterocycles. The minimum absolute atomic E-state index is 0.648. The van der Waals surface area contributed by atoms with Crippen LogP contribution in [0.3, 0.4) is 0 Å². The van der Waals surface area contributed by atoms with Crippen LogP contribution in [0.2, 0.25) is 0 Å². The number of nitrogens with one attached hydrogen (secondary N) is 1. The van der Waals surface area contributed by atoms with Crippen molar-refractivity contribution in [1.82, 2.24) is 20.1 Å². The van der Waals surface area contributed by atoms with Crippen molar-refractivity contribution in [2.24, 2.45) is 0 Å². The number of aromatic nitrogens is 3. The van der Waals surface area contributed by atoms with Gasteiger partial charge in [0.15, 0.2) is 0 Å². The molecule has 0 amide bonds. The van der Waals surface area contributed by atoms with Crippen molar-refractivity contribution in [3.63, 3.8) is 0 Å². The predicted molar refractivity (Wildman–Crippen MR) is 69.1 cm³/mol. The molecular weight excluding hydrogens is 212 g/mol. The molecule has 1 saturated carbocycles. The molecule has 1 fully saturated rings. The Hall–Kier alpha value is -0.900. The van der Waals surface area contributed by atoms with Gasteiger partial charge in [-0.15, -0.1) is 10.2 Å². The van der Waals surface area contributed by atoms with Gasteiger partial charge in [0.05, 0.1) is 0 Å². The first-order valence-electron chi connectivity index (χ1n) is 6.94. The highest BCUT2D eigenvalue weighted by atomic mass is 15.3. The van der Waals surface area contributed by atoms with Crippen LogP contribution in [0.25, 0.3) is 0 Å². The summed E-state index contributed by atoms with van der Waals surface area (Å²) in [6.07, 6.45) is 7.69. The van der Waals surface area contributed by atoms with Crippen LogP contribution in [0.5, 0.6) is 0 Å². The summed E-state index contributed by atoms with van der Waals surface area (Å²) in [6.45, 7) is 6.24. The fourth-order valence-electron chi connectivity index (χ4n) is 2.77. The minimum Gasteiger partial charge on any atom is -0.317 e. The van der Waals surface area contributed by atoms with Crippen molar-refractivity contribution >= 4 is 0 Å². The fourth-order valence-corrected chi connectivity index (χ4v) is 2.77. The van der Waals surface area contributed by atoms with E-state index in [1.165, 1.54) is 32.1 Å². The maximum Gasteiger partial charge on any atom is 0.134 e. The Kier molecular flexibility index (Phi) is 4.54. The summed E-state index contributed by atoms with van der Waals surface area (Å²) in [5.74, 6) is 2.25. The van der Waals surface area contributed by atoms with Crippen molar-refractivity contribution in [3.8, 4) is 0 Å². The maximum absolute atomic E-state index is 4.34. The Labute approximate surface area is 104 Å². The summed E-state index contributed by atoms with van der Waals surface area (Å²) >= 11 is 0. The first kappa shape index (κ1) is 12.6. The quantitative estimate of drug-likeness (QED) is 0.797. The molecule has 0 bridgehead atoms. The molecule has 0 aliphatic heterocycles. The van der Waals surface area contributed by atoms with E-state index in [1.807, 2.05) is 0 Å². The maximum atomic E-state index is 4.34. The number of likely N-dealkylation sites (N-methyl/N-ethyl adjacent to an activating group) is 1. The van der Waals surface area contributed by atoms with Gasteiger partial charge in [-0.05, 0) is 26.3 Å². The predicted octanol–water partition coefficient (Wildman–Crippen LogP) is 2.24. The highest BCUT2D eigenvalue weighted by Crippen LogP contribution is 2.29. The smallest absolute Gasteiger partial charge is 0.134 e. The average Bonchev–Trinajstić information content (AvgIpc) is 2.72. The molecular formula is C13H24N4. The lowest BCUT2D eigenvalue weighted by Gasteiger charge is -2.25.